The third-order valence-corrected chi connectivity index (χ3v) is 4.82. The van der Waals surface area contributed by atoms with Crippen LogP contribution in [0.5, 0.6) is 5.75 Å². The van der Waals surface area contributed by atoms with Crippen molar-refractivity contribution < 1.29 is 22.7 Å². The average Bonchev–Trinajstić information content (AvgIpc) is 2.99. The molecular formula is C22H24F3N3O2. The van der Waals surface area contributed by atoms with E-state index in [0.29, 0.717) is 45.0 Å². The van der Waals surface area contributed by atoms with Crippen LogP contribution in [0.15, 0.2) is 48.7 Å². The Bertz CT molecular complexity index is 865. The van der Waals surface area contributed by atoms with E-state index >= 15 is 0 Å². The summed E-state index contributed by atoms with van der Waals surface area (Å²) in [6.45, 7) is 4.73. The highest BCUT2D eigenvalue weighted by Gasteiger charge is 2.31. The summed E-state index contributed by atoms with van der Waals surface area (Å²) in [4.78, 5) is 20.2. The summed E-state index contributed by atoms with van der Waals surface area (Å²) in [6, 6.07) is 9.90. The van der Waals surface area contributed by atoms with Gasteiger partial charge in [0.05, 0.1) is 12.2 Å². The van der Waals surface area contributed by atoms with Gasteiger partial charge in [-0.2, -0.15) is 13.2 Å². The highest BCUT2D eigenvalue weighted by atomic mass is 19.4. The monoisotopic (exact) mass is 419 g/mol. The lowest BCUT2D eigenvalue weighted by Gasteiger charge is -2.22. The molecule has 0 bridgehead atoms. The number of aromatic nitrogens is 1. The summed E-state index contributed by atoms with van der Waals surface area (Å²) < 4.78 is 43.5. The number of ether oxygens (including phenoxy) is 1. The van der Waals surface area contributed by atoms with Crippen LogP contribution in [-0.2, 0) is 11.0 Å². The fourth-order valence-electron chi connectivity index (χ4n) is 3.22. The minimum Gasteiger partial charge on any atom is -0.494 e. The Hall–Kier alpha value is -3.03. The Morgan fingerprint density at radius 3 is 2.50 bits per heavy atom. The van der Waals surface area contributed by atoms with Crippen molar-refractivity contribution in [2.75, 3.05) is 37.7 Å². The molecule has 0 N–H and O–H groups in total. The van der Waals surface area contributed by atoms with Gasteiger partial charge in [-0.25, -0.2) is 4.98 Å². The average molecular weight is 419 g/mol. The first-order valence-corrected chi connectivity index (χ1v) is 9.85. The van der Waals surface area contributed by atoms with Crippen molar-refractivity contribution in [3.63, 3.8) is 0 Å². The summed E-state index contributed by atoms with van der Waals surface area (Å²) >= 11 is 0. The van der Waals surface area contributed by atoms with E-state index in [2.05, 4.69) is 4.98 Å². The van der Waals surface area contributed by atoms with E-state index < -0.39 is 11.7 Å². The smallest absolute Gasteiger partial charge is 0.417 e. The number of carbonyl (C=O) groups is 1. The summed E-state index contributed by atoms with van der Waals surface area (Å²) in [6.07, 6.45) is 0.469. The number of nitrogens with zero attached hydrogens (tertiary/aromatic N) is 3. The third kappa shape index (κ3) is 5.75. The molecule has 160 valence electrons. The van der Waals surface area contributed by atoms with E-state index in [1.165, 1.54) is 6.07 Å². The summed E-state index contributed by atoms with van der Waals surface area (Å²) in [5.41, 5.74) is 0.134. The van der Waals surface area contributed by atoms with E-state index in [1.807, 2.05) is 36.1 Å². The number of hydrogen-bond acceptors (Lipinski definition) is 4. The molecule has 1 aromatic carbocycles. The highest BCUT2D eigenvalue weighted by Crippen LogP contribution is 2.29. The maximum absolute atomic E-state index is 12.7. The molecule has 1 aliphatic heterocycles. The van der Waals surface area contributed by atoms with Crippen LogP contribution in [0.25, 0.3) is 6.08 Å². The summed E-state index contributed by atoms with van der Waals surface area (Å²) in [5.74, 6) is 1.18. The van der Waals surface area contributed by atoms with Crippen molar-refractivity contribution in [2.45, 2.75) is 19.5 Å². The molecule has 0 radical (unpaired) electrons. The second-order valence-corrected chi connectivity index (χ2v) is 6.90. The number of benzene rings is 1. The molecule has 0 saturated carbocycles. The van der Waals surface area contributed by atoms with Crippen LogP contribution < -0.4 is 9.64 Å². The molecule has 0 aliphatic carbocycles. The third-order valence-electron chi connectivity index (χ3n) is 4.82. The minimum atomic E-state index is -4.40. The zero-order valence-electron chi connectivity index (χ0n) is 16.7. The molecule has 5 nitrogen and oxygen atoms in total. The summed E-state index contributed by atoms with van der Waals surface area (Å²) in [7, 11) is 0. The normalized spacial score (nSPS) is 15.3. The predicted octanol–water partition coefficient (Wildman–Crippen LogP) is 4.25. The van der Waals surface area contributed by atoms with Crippen molar-refractivity contribution >= 4 is 17.8 Å². The van der Waals surface area contributed by atoms with Gasteiger partial charge in [-0.3, -0.25) is 4.79 Å². The van der Waals surface area contributed by atoms with Crippen LogP contribution in [0.4, 0.5) is 19.0 Å². The molecule has 0 spiro atoms. The van der Waals surface area contributed by atoms with Gasteiger partial charge >= 0.3 is 6.18 Å². The SMILES string of the molecule is CCOc1ccc(/C=C/C(=O)N2CCCN(c3ccc(C(F)(F)F)cn3)CC2)cc1. The molecule has 1 aromatic heterocycles. The van der Waals surface area contributed by atoms with Crippen LogP contribution in [-0.4, -0.2) is 48.6 Å². The summed E-state index contributed by atoms with van der Waals surface area (Å²) in [5, 5.41) is 0. The van der Waals surface area contributed by atoms with Gasteiger partial charge in [0.1, 0.15) is 11.6 Å². The molecule has 8 heteroatoms. The molecular weight excluding hydrogens is 395 g/mol. The zero-order valence-corrected chi connectivity index (χ0v) is 16.7. The van der Waals surface area contributed by atoms with Crippen LogP contribution in [0.3, 0.4) is 0 Å². The maximum Gasteiger partial charge on any atom is 0.417 e. The number of hydrogen-bond donors (Lipinski definition) is 0. The Labute approximate surface area is 173 Å². The molecule has 3 rings (SSSR count). The van der Waals surface area contributed by atoms with Crippen molar-refractivity contribution in [1.82, 2.24) is 9.88 Å². The highest BCUT2D eigenvalue weighted by molar-refractivity contribution is 5.91. The largest absolute Gasteiger partial charge is 0.494 e. The standard InChI is InChI=1S/C22H24F3N3O2/c1-2-30-19-8-4-17(5-9-19)6-11-21(29)28-13-3-12-27(14-15-28)20-10-7-18(16-26-20)22(23,24)25/h4-11,16H,2-3,12-15H2,1H3/b11-6+. The van der Waals surface area contributed by atoms with Gasteiger partial charge in [0, 0.05) is 38.5 Å². The van der Waals surface area contributed by atoms with E-state index in [4.69, 9.17) is 4.74 Å². The van der Waals surface area contributed by atoms with Crippen molar-refractivity contribution in [2.24, 2.45) is 0 Å². The Morgan fingerprint density at radius 2 is 1.87 bits per heavy atom. The second-order valence-electron chi connectivity index (χ2n) is 6.90. The van der Waals surface area contributed by atoms with E-state index in [1.54, 1.807) is 17.1 Å². The van der Waals surface area contributed by atoms with E-state index in [0.717, 1.165) is 23.6 Å². The van der Waals surface area contributed by atoms with Gasteiger partial charge in [0.2, 0.25) is 5.91 Å². The first-order valence-electron chi connectivity index (χ1n) is 9.85. The van der Waals surface area contributed by atoms with Crippen LogP contribution in [0.2, 0.25) is 0 Å². The van der Waals surface area contributed by atoms with Gasteiger partial charge in [-0.1, -0.05) is 12.1 Å². The lowest BCUT2D eigenvalue weighted by molar-refractivity contribution is -0.137. The van der Waals surface area contributed by atoms with Crippen LogP contribution in [0.1, 0.15) is 24.5 Å². The van der Waals surface area contributed by atoms with Crippen LogP contribution >= 0.6 is 0 Å². The molecule has 30 heavy (non-hydrogen) atoms. The molecule has 1 amide bonds. The number of carbonyl (C=O) groups excluding carboxylic acids is 1. The van der Waals surface area contributed by atoms with Crippen molar-refractivity contribution in [3.8, 4) is 5.75 Å². The van der Waals surface area contributed by atoms with E-state index in [-0.39, 0.29) is 5.91 Å². The molecule has 2 heterocycles. The Morgan fingerprint density at radius 1 is 1.10 bits per heavy atom. The van der Waals surface area contributed by atoms with Crippen molar-refractivity contribution in [3.05, 3.63) is 59.8 Å². The molecule has 0 atom stereocenters. The van der Waals surface area contributed by atoms with Gasteiger partial charge in [0.25, 0.3) is 0 Å². The Balaban J connectivity index is 1.57. The number of alkyl halides is 3. The minimum absolute atomic E-state index is 0.0916. The number of rotatable bonds is 5. The zero-order chi connectivity index (χ0) is 21.6. The first kappa shape index (κ1) is 21.7. The number of pyridine rings is 1. The molecule has 0 unspecified atom stereocenters. The second kappa shape index (κ2) is 9.65. The fraction of sp³-hybridized carbons (Fsp3) is 0.364. The van der Waals surface area contributed by atoms with Crippen molar-refractivity contribution in [1.29, 1.82) is 0 Å². The van der Waals surface area contributed by atoms with Gasteiger partial charge in [-0.05, 0) is 49.2 Å². The quantitative estimate of drug-likeness (QED) is 0.680. The number of anilines is 1. The molecule has 1 saturated heterocycles. The van der Waals surface area contributed by atoms with Gasteiger partial charge in [-0.15, -0.1) is 0 Å². The number of halogens is 3. The fourth-order valence-corrected chi connectivity index (χ4v) is 3.22. The Kier molecular flexibility index (Phi) is 6.97. The molecule has 1 aliphatic rings. The maximum atomic E-state index is 12.7. The predicted molar refractivity (Wildman–Crippen MR) is 109 cm³/mol. The van der Waals surface area contributed by atoms with Crippen LogP contribution in [0, 0.1) is 0 Å². The molecule has 2 aromatic rings. The van der Waals surface area contributed by atoms with E-state index in [9.17, 15) is 18.0 Å². The van der Waals surface area contributed by atoms with Gasteiger partial charge < -0.3 is 14.5 Å². The topological polar surface area (TPSA) is 45.7 Å². The lowest BCUT2D eigenvalue weighted by Crippen LogP contribution is -2.34. The molecule has 1 fully saturated rings. The lowest BCUT2D eigenvalue weighted by atomic mass is 10.2. The first-order chi connectivity index (χ1) is 14.4. The number of amides is 1. The van der Waals surface area contributed by atoms with Gasteiger partial charge in [0.15, 0.2) is 0 Å².